The van der Waals surface area contributed by atoms with Crippen molar-refractivity contribution in [2.45, 2.75) is 4.90 Å². The summed E-state index contributed by atoms with van der Waals surface area (Å²) in [7, 11) is -3.81. The zero-order chi connectivity index (χ0) is 15.0. The summed E-state index contributed by atoms with van der Waals surface area (Å²) < 4.78 is 32.6. The van der Waals surface area contributed by atoms with Gasteiger partial charge >= 0.3 is 5.97 Å². The Balaban J connectivity index is 2.07. The monoisotopic (exact) mass is 304 g/mol. The molecule has 0 aliphatic carbocycles. The van der Waals surface area contributed by atoms with Gasteiger partial charge in [-0.1, -0.05) is 12.1 Å². The molecule has 0 saturated carbocycles. The molecule has 0 unspecified atom stereocenters. The van der Waals surface area contributed by atoms with Gasteiger partial charge in [0.25, 0.3) is 10.0 Å². The third-order valence-corrected chi connectivity index (χ3v) is 4.10. The number of carbonyl (C=O) groups is 1. The second kappa shape index (κ2) is 4.67. The Hall–Kier alpha value is -2.74. The third kappa shape index (κ3) is 2.25. The molecule has 0 atom stereocenters. The number of aromatic carboxylic acids is 1. The van der Waals surface area contributed by atoms with E-state index < -0.39 is 16.0 Å². The van der Waals surface area contributed by atoms with Gasteiger partial charge in [-0.25, -0.2) is 9.78 Å². The summed E-state index contributed by atoms with van der Waals surface area (Å²) in [5, 5.41) is 9.04. The van der Waals surface area contributed by atoms with Gasteiger partial charge in [0.2, 0.25) is 5.90 Å². The summed E-state index contributed by atoms with van der Waals surface area (Å²) in [6.07, 6.45) is 1.30. The maximum absolute atomic E-state index is 11.9. The van der Waals surface area contributed by atoms with Gasteiger partial charge in [-0.15, -0.1) is 4.40 Å². The lowest BCUT2D eigenvalue weighted by molar-refractivity contribution is 0.0688. The first kappa shape index (κ1) is 13.3. The average Bonchev–Trinajstić information content (AvgIpc) is 2.71. The second-order valence-electron chi connectivity index (χ2n) is 4.13. The van der Waals surface area contributed by atoms with Crippen LogP contribution < -0.4 is 4.74 Å². The van der Waals surface area contributed by atoms with Gasteiger partial charge in [-0.05, 0) is 24.3 Å². The Kier molecular flexibility index (Phi) is 2.95. The number of pyridine rings is 1. The van der Waals surface area contributed by atoms with Crippen LogP contribution in [0, 0.1) is 0 Å². The molecule has 8 heteroatoms. The summed E-state index contributed by atoms with van der Waals surface area (Å²) in [6.45, 7) is 0. The van der Waals surface area contributed by atoms with E-state index in [4.69, 9.17) is 9.84 Å². The van der Waals surface area contributed by atoms with Crippen LogP contribution >= 0.6 is 0 Å². The lowest BCUT2D eigenvalue weighted by Gasteiger charge is -2.07. The maximum atomic E-state index is 11.9. The number of carboxylic acid groups (broad SMARTS) is 1. The van der Waals surface area contributed by atoms with Crippen molar-refractivity contribution in [3.63, 3.8) is 0 Å². The zero-order valence-corrected chi connectivity index (χ0v) is 11.2. The number of nitrogens with zero attached hydrogens (tertiary/aromatic N) is 2. The summed E-state index contributed by atoms with van der Waals surface area (Å²) in [5.41, 5.74) is -0.0281. The Morgan fingerprint density at radius 1 is 1.14 bits per heavy atom. The number of aromatic nitrogens is 1. The molecule has 1 aromatic carbocycles. The highest BCUT2D eigenvalue weighted by atomic mass is 32.2. The van der Waals surface area contributed by atoms with E-state index in [0.717, 1.165) is 0 Å². The number of fused-ring (bicyclic) bond motifs is 1. The number of hydrogen-bond acceptors (Lipinski definition) is 5. The van der Waals surface area contributed by atoms with Gasteiger partial charge in [-0.2, -0.15) is 8.42 Å². The highest BCUT2D eigenvalue weighted by Crippen LogP contribution is 2.28. The molecule has 0 spiro atoms. The Bertz CT molecular complexity index is 874. The molecule has 21 heavy (non-hydrogen) atoms. The highest BCUT2D eigenvalue weighted by Gasteiger charge is 2.30. The Labute approximate surface area is 119 Å². The zero-order valence-electron chi connectivity index (χ0n) is 10.4. The lowest BCUT2D eigenvalue weighted by Crippen LogP contribution is -2.12. The molecular formula is C13H8N2O5S. The third-order valence-electron chi connectivity index (χ3n) is 2.78. The van der Waals surface area contributed by atoms with Crippen LogP contribution in [0.4, 0.5) is 0 Å². The van der Waals surface area contributed by atoms with Crippen LogP contribution in [-0.4, -0.2) is 30.4 Å². The maximum Gasteiger partial charge on any atom is 0.358 e. The molecule has 1 aromatic heterocycles. The number of sulfonamides is 1. The predicted octanol–water partition coefficient (Wildman–Crippen LogP) is 1.31. The molecule has 0 fully saturated rings. The Morgan fingerprint density at radius 2 is 1.90 bits per heavy atom. The topological polar surface area (TPSA) is 106 Å². The van der Waals surface area contributed by atoms with Crippen molar-refractivity contribution in [2.24, 2.45) is 4.40 Å². The normalized spacial score (nSPS) is 15.1. The summed E-state index contributed by atoms with van der Waals surface area (Å²) >= 11 is 0. The SMILES string of the molecule is O=C(O)c1ncccc1OC1=NS(=O)(=O)c2ccccc21. The minimum atomic E-state index is -3.81. The van der Waals surface area contributed by atoms with Crippen molar-refractivity contribution in [2.75, 3.05) is 0 Å². The van der Waals surface area contributed by atoms with Crippen molar-refractivity contribution in [3.8, 4) is 5.75 Å². The highest BCUT2D eigenvalue weighted by molar-refractivity contribution is 7.90. The smallest absolute Gasteiger partial charge is 0.358 e. The molecule has 2 heterocycles. The minimum absolute atomic E-state index is 0.0285. The molecule has 1 aliphatic rings. The first-order valence-electron chi connectivity index (χ1n) is 5.79. The molecule has 7 nitrogen and oxygen atoms in total. The van der Waals surface area contributed by atoms with E-state index in [1.165, 1.54) is 30.5 Å². The van der Waals surface area contributed by atoms with Crippen LogP contribution in [0.15, 0.2) is 51.9 Å². The molecule has 0 amide bonds. The average molecular weight is 304 g/mol. The number of carboxylic acids is 1. The summed E-state index contributed by atoms with van der Waals surface area (Å²) in [4.78, 5) is 14.8. The number of rotatable bonds is 2. The van der Waals surface area contributed by atoms with Gasteiger partial charge in [-0.3, -0.25) is 0 Å². The van der Waals surface area contributed by atoms with Gasteiger partial charge in [0, 0.05) is 6.20 Å². The van der Waals surface area contributed by atoms with Crippen molar-refractivity contribution in [1.29, 1.82) is 0 Å². The number of benzene rings is 1. The van der Waals surface area contributed by atoms with Crippen LogP contribution in [0.5, 0.6) is 5.75 Å². The van der Waals surface area contributed by atoms with Crippen LogP contribution in [0.2, 0.25) is 0 Å². The van der Waals surface area contributed by atoms with E-state index in [-0.39, 0.29) is 27.8 Å². The van der Waals surface area contributed by atoms with E-state index >= 15 is 0 Å². The van der Waals surface area contributed by atoms with Crippen molar-refractivity contribution in [1.82, 2.24) is 4.98 Å². The fourth-order valence-corrected chi connectivity index (χ4v) is 3.02. The van der Waals surface area contributed by atoms with Crippen molar-refractivity contribution >= 4 is 21.9 Å². The summed E-state index contributed by atoms with van der Waals surface area (Å²) in [6, 6.07) is 9.02. The molecule has 0 radical (unpaired) electrons. The van der Waals surface area contributed by atoms with E-state index in [1.54, 1.807) is 12.1 Å². The van der Waals surface area contributed by atoms with Crippen molar-refractivity contribution in [3.05, 3.63) is 53.9 Å². The van der Waals surface area contributed by atoms with Gasteiger partial charge in [0.1, 0.15) is 4.90 Å². The van der Waals surface area contributed by atoms with E-state index in [9.17, 15) is 13.2 Å². The molecule has 0 bridgehead atoms. The molecule has 106 valence electrons. The predicted molar refractivity (Wildman–Crippen MR) is 72.0 cm³/mol. The number of hydrogen-bond donors (Lipinski definition) is 1. The quantitative estimate of drug-likeness (QED) is 0.896. The molecular weight excluding hydrogens is 296 g/mol. The largest absolute Gasteiger partial charge is 0.476 e. The Morgan fingerprint density at radius 3 is 2.67 bits per heavy atom. The van der Waals surface area contributed by atoms with E-state index in [0.29, 0.717) is 0 Å². The minimum Gasteiger partial charge on any atom is -0.476 e. The van der Waals surface area contributed by atoms with Gasteiger partial charge in [0.05, 0.1) is 5.56 Å². The second-order valence-corrected chi connectivity index (χ2v) is 5.70. The molecule has 2 aromatic rings. The molecule has 3 rings (SSSR count). The molecule has 1 N–H and O–H groups in total. The molecule has 1 aliphatic heterocycles. The fraction of sp³-hybridized carbons (Fsp3) is 0. The summed E-state index contributed by atoms with van der Waals surface area (Å²) in [5.74, 6) is -1.52. The van der Waals surface area contributed by atoms with Crippen LogP contribution in [0.3, 0.4) is 0 Å². The van der Waals surface area contributed by atoms with E-state index in [1.807, 2.05) is 0 Å². The fourth-order valence-electron chi connectivity index (χ4n) is 1.89. The van der Waals surface area contributed by atoms with Crippen LogP contribution in [0.25, 0.3) is 0 Å². The van der Waals surface area contributed by atoms with Crippen LogP contribution in [-0.2, 0) is 10.0 Å². The van der Waals surface area contributed by atoms with E-state index in [2.05, 4.69) is 9.38 Å². The molecule has 0 saturated heterocycles. The first-order valence-corrected chi connectivity index (χ1v) is 7.23. The standard InChI is InChI=1S/C13H8N2O5S/c16-13(17)11-9(5-3-7-14-11)20-12-8-4-1-2-6-10(8)21(18,19)15-12/h1-7H,(H,16,17). The van der Waals surface area contributed by atoms with Gasteiger partial charge < -0.3 is 9.84 Å². The van der Waals surface area contributed by atoms with Gasteiger partial charge in [0.15, 0.2) is 11.4 Å². The lowest BCUT2D eigenvalue weighted by atomic mass is 10.2. The van der Waals surface area contributed by atoms with Crippen molar-refractivity contribution < 1.29 is 23.1 Å². The van der Waals surface area contributed by atoms with Crippen LogP contribution in [0.1, 0.15) is 16.1 Å². The first-order chi connectivity index (χ1) is 9.99. The number of ether oxygens (including phenoxy) is 1.